The largest absolute Gasteiger partial charge is 0.467 e. The second-order valence-corrected chi connectivity index (χ2v) is 10.2. The standard InChI is InChI=1S/C28H37N3O5/c1-19(2)16-22-21(13-14-30-26(22)35-18-24(29)32)25(34-17-20-10-7-6-8-11-20)23-12-9-15-31(23)27(33)36-28(3,4)5/h6-8,10-11,13-14,23,25H,1,9,12,15-18H2,2-5H3,(H2,29,32)/t23-,25-/m0/s1. The van der Waals surface area contributed by atoms with Crippen molar-refractivity contribution in [3.05, 3.63) is 71.4 Å². The molecule has 8 nitrogen and oxygen atoms in total. The lowest BCUT2D eigenvalue weighted by molar-refractivity contribution is -0.120. The molecule has 3 rings (SSSR count). The number of hydrogen-bond acceptors (Lipinski definition) is 6. The van der Waals surface area contributed by atoms with Crippen molar-refractivity contribution >= 4 is 12.0 Å². The Hall–Kier alpha value is -3.39. The molecule has 2 N–H and O–H groups in total. The first-order valence-electron chi connectivity index (χ1n) is 12.2. The van der Waals surface area contributed by atoms with E-state index < -0.39 is 17.6 Å². The summed E-state index contributed by atoms with van der Waals surface area (Å²) < 4.78 is 17.9. The third-order valence-electron chi connectivity index (χ3n) is 5.74. The van der Waals surface area contributed by atoms with Gasteiger partial charge in [0.1, 0.15) is 11.7 Å². The van der Waals surface area contributed by atoms with Crippen LogP contribution >= 0.6 is 0 Å². The fraction of sp³-hybridized carbons (Fsp3) is 0.464. The minimum absolute atomic E-state index is 0.251. The molecule has 1 aliphatic heterocycles. The summed E-state index contributed by atoms with van der Waals surface area (Å²) in [6.07, 6.45) is 2.85. The molecule has 8 heteroatoms. The monoisotopic (exact) mass is 495 g/mol. The van der Waals surface area contributed by atoms with Gasteiger partial charge in [-0.1, -0.05) is 42.5 Å². The first-order chi connectivity index (χ1) is 17.0. The van der Waals surface area contributed by atoms with Crippen LogP contribution in [0.2, 0.25) is 0 Å². The summed E-state index contributed by atoms with van der Waals surface area (Å²) >= 11 is 0. The number of ether oxygens (including phenoxy) is 3. The van der Waals surface area contributed by atoms with E-state index in [4.69, 9.17) is 19.9 Å². The summed E-state index contributed by atoms with van der Waals surface area (Å²) in [5, 5.41) is 0. The van der Waals surface area contributed by atoms with Crippen LogP contribution in [0.3, 0.4) is 0 Å². The number of rotatable bonds is 10. The van der Waals surface area contributed by atoms with Crippen molar-refractivity contribution in [2.75, 3.05) is 13.2 Å². The van der Waals surface area contributed by atoms with Crippen molar-refractivity contribution in [1.29, 1.82) is 0 Å². The van der Waals surface area contributed by atoms with E-state index in [1.54, 1.807) is 11.1 Å². The third-order valence-corrected chi connectivity index (χ3v) is 5.74. The average Bonchev–Trinajstić information content (AvgIpc) is 3.28. The molecular weight excluding hydrogens is 458 g/mol. The molecular formula is C28H37N3O5. The summed E-state index contributed by atoms with van der Waals surface area (Å²) in [5.41, 5.74) is 8.22. The fourth-order valence-corrected chi connectivity index (χ4v) is 4.32. The summed E-state index contributed by atoms with van der Waals surface area (Å²) in [6.45, 7) is 12.2. The molecule has 1 aliphatic rings. The number of primary amides is 1. The number of carbonyl (C=O) groups is 2. The molecule has 2 heterocycles. The Morgan fingerprint density at radius 2 is 1.94 bits per heavy atom. The normalized spacial score (nSPS) is 16.4. The first kappa shape index (κ1) is 27.2. The maximum absolute atomic E-state index is 13.1. The molecule has 2 atom stereocenters. The number of nitrogens with two attached hydrogens (primary N) is 1. The van der Waals surface area contributed by atoms with Crippen molar-refractivity contribution in [3.63, 3.8) is 0 Å². The number of nitrogens with zero attached hydrogens (tertiary/aromatic N) is 2. The highest BCUT2D eigenvalue weighted by atomic mass is 16.6. The zero-order valence-corrected chi connectivity index (χ0v) is 21.7. The van der Waals surface area contributed by atoms with Gasteiger partial charge in [-0.25, -0.2) is 9.78 Å². The Balaban J connectivity index is 2.02. The molecule has 1 aromatic heterocycles. The average molecular weight is 496 g/mol. The molecule has 0 spiro atoms. The van der Waals surface area contributed by atoms with Gasteiger partial charge >= 0.3 is 6.09 Å². The maximum Gasteiger partial charge on any atom is 0.410 e. The van der Waals surface area contributed by atoms with Crippen LogP contribution in [-0.2, 0) is 27.3 Å². The van der Waals surface area contributed by atoms with E-state index >= 15 is 0 Å². The molecule has 2 aromatic rings. The number of allylic oxidation sites excluding steroid dienone is 1. The van der Waals surface area contributed by atoms with Crippen LogP contribution < -0.4 is 10.5 Å². The molecule has 0 bridgehead atoms. The molecule has 2 amide bonds. The van der Waals surface area contributed by atoms with Crippen molar-refractivity contribution in [1.82, 2.24) is 9.88 Å². The molecule has 0 saturated carbocycles. The zero-order valence-electron chi connectivity index (χ0n) is 21.7. The summed E-state index contributed by atoms with van der Waals surface area (Å²) in [5.74, 6) is -0.281. The maximum atomic E-state index is 13.1. The van der Waals surface area contributed by atoms with Gasteiger partial charge in [0.25, 0.3) is 5.91 Å². The van der Waals surface area contributed by atoms with E-state index in [0.29, 0.717) is 25.5 Å². The van der Waals surface area contributed by atoms with Gasteiger partial charge in [-0.3, -0.25) is 4.79 Å². The Morgan fingerprint density at radius 3 is 2.58 bits per heavy atom. The minimum Gasteiger partial charge on any atom is -0.467 e. The minimum atomic E-state index is -0.609. The topological polar surface area (TPSA) is 104 Å². The number of likely N-dealkylation sites (tertiary alicyclic amines) is 1. The van der Waals surface area contributed by atoms with Gasteiger partial charge < -0.3 is 24.8 Å². The van der Waals surface area contributed by atoms with Gasteiger partial charge in [0.05, 0.1) is 12.6 Å². The zero-order chi connectivity index (χ0) is 26.3. The van der Waals surface area contributed by atoms with E-state index in [-0.39, 0.29) is 18.7 Å². The van der Waals surface area contributed by atoms with Crippen LogP contribution in [0.5, 0.6) is 5.88 Å². The molecule has 36 heavy (non-hydrogen) atoms. The molecule has 1 fully saturated rings. The molecule has 1 saturated heterocycles. The second kappa shape index (κ2) is 12.0. The van der Waals surface area contributed by atoms with Crippen molar-refractivity contribution in [2.45, 2.75) is 71.3 Å². The van der Waals surface area contributed by atoms with Crippen LogP contribution in [0.15, 0.2) is 54.7 Å². The van der Waals surface area contributed by atoms with Crippen LogP contribution in [-0.4, -0.2) is 46.7 Å². The molecule has 1 aromatic carbocycles. The molecule has 0 aliphatic carbocycles. The Morgan fingerprint density at radius 1 is 1.22 bits per heavy atom. The number of hydrogen-bond donors (Lipinski definition) is 1. The number of benzene rings is 1. The van der Waals surface area contributed by atoms with Gasteiger partial charge in [-0.05, 0) is 64.2 Å². The number of amides is 2. The molecule has 0 radical (unpaired) electrons. The van der Waals surface area contributed by atoms with Crippen molar-refractivity contribution in [2.24, 2.45) is 5.73 Å². The summed E-state index contributed by atoms with van der Waals surface area (Å²) in [4.78, 5) is 30.7. The molecule has 194 valence electrons. The highest BCUT2D eigenvalue weighted by Crippen LogP contribution is 2.38. The quantitative estimate of drug-likeness (QED) is 0.478. The van der Waals surface area contributed by atoms with Crippen molar-refractivity contribution < 1.29 is 23.8 Å². The lowest BCUT2D eigenvalue weighted by Crippen LogP contribution is -2.43. The van der Waals surface area contributed by atoms with E-state index in [1.165, 1.54) is 0 Å². The van der Waals surface area contributed by atoms with E-state index in [2.05, 4.69) is 11.6 Å². The highest BCUT2D eigenvalue weighted by molar-refractivity contribution is 5.75. The van der Waals surface area contributed by atoms with Gasteiger partial charge in [0, 0.05) is 18.3 Å². The smallest absolute Gasteiger partial charge is 0.410 e. The number of pyridine rings is 1. The predicted molar refractivity (Wildman–Crippen MR) is 137 cm³/mol. The summed E-state index contributed by atoms with van der Waals surface area (Å²) in [7, 11) is 0. The van der Waals surface area contributed by atoms with Gasteiger partial charge in [0.15, 0.2) is 6.61 Å². The fourth-order valence-electron chi connectivity index (χ4n) is 4.32. The van der Waals surface area contributed by atoms with Crippen molar-refractivity contribution in [3.8, 4) is 5.88 Å². The van der Waals surface area contributed by atoms with Crippen LogP contribution in [0.4, 0.5) is 4.79 Å². The number of carbonyl (C=O) groups excluding carboxylic acids is 2. The van der Waals surface area contributed by atoms with Gasteiger partial charge in [0.2, 0.25) is 5.88 Å². The van der Waals surface area contributed by atoms with Gasteiger partial charge in [-0.15, -0.1) is 0 Å². The van der Waals surface area contributed by atoms with Crippen LogP contribution in [0.1, 0.15) is 63.3 Å². The SMILES string of the molecule is C=C(C)Cc1c([C@H](OCc2ccccc2)[C@@H]2CCCN2C(=O)OC(C)(C)C)ccnc1OCC(N)=O. The van der Waals surface area contributed by atoms with E-state index in [1.807, 2.05) is 64.1 Å². The Labute approximate surface area is 213 Å². The van der Waals surface area contributed by atoms with E-state index in [0.717, 1.165) is 35.1 Å². The third kappa shape index (κ3) is 7.55. The van der Waals surface area contributed by atoms with Crippen LogP contribution in [0, 0.1) is 0 Å². The Bertz CT molecular complexity index is 1060. The summed E-state index contributed by atoms with van der Waals surface area (Å²) in [6, 6.07) is 11.5. The lowest BCUT2D eigenvalue weighted by Gasteiger charge is -2.34. The number of aromatic nitrogens is 1. The Kier molecular flexibility index (Phi) is 9.09. The second-order valence-electron chi connectivity index (χ2n) is 10.2. The predicted octanol–water partition coefficient (Wildman–Crippen LogP) is 4.72. The van der Waals surface area contributed by atoms with Gasteiger partial charge in [-0.2, -0.15) is 0 Å². The molecule has 0 unspecified atom stereocenters. The van der Waals surface area contributed by atoms with E-state index in [9.17, 15) is 9.59 Å². The van der Waals surface area contributed by atoms with Crippen LogP contribution in [0.25, 0.3) is 0 Å². The first-order valence-corrected chi connectivity index (χ1v) is 12.2. The lowest BCUT2D eigenvalue weighted by atomic mass is 9.93. The highest BCUT2D eigenvalue weighted by Gasteiger charge is 2.39.